The molecule has 34 heavy (non-hydrogen) atoms. The van der Waals surface area contributed by atoms with Crippen LogP contribution in [0.5, 0.6) is 23.0 Å². The Morgan fingerprint density at radius 1 is 0.588 bits per heavy atom. The maximum absolute atomic E-state index is 12.9. The molecule has 4 aromatic rings. The highest BCUT2D eigenvalue weighted by Crippen LogP contribution is 2.36. The Kier molecular flexibility index (Phi) is 4.42. The van der Waals surface area contributed by atoms with Gasteiger partial charge < -0.3 is 18.9 Å². The van der Waals surface area contributed by atoms with Gasteiger partial charge in [-0.3, -0.25) is 0 Å². The monoisotopic (exact) mass is 450 g/mol. The number of methoxy groups -OCH3 is 2. The Balaban J connectivity index is 1.59. The van der Waals surface area contributed by atoms with E-state index < -0.39 is 11.9 Å². The van der Waals surface area contributed by atoms with Crippen molar-refractivity contribution in [3.8, 4) is 23.0 Å². The fraction of sp³-hybridized carbons (Fsp3) is 0.0714. The first kappa shape index (κ1) is 20.1. The molecule has 0 aromatic heterocycles. The van der Waals surface area contributed by atoms with Crippen LogP contribution in [-0.2, 0) is 9.59 Å². The minimum atomic E-state index is -0.455. The van der Waals surface area contributed by atoms with Crippen LogP contribution < -0.4 is 29.4 Å². The molecule has 0 unspecified atom stereocenters. The lowest BCUT2D eigenvalue weighted by molar-refractivity contribution is -0.128. The first-order chi connectivity index (χ1) is 16.6. The highest BCUT2D eigenvalue weighted by atomic mass is 16.5. The van der Waals surface area contributed by atoms with E-state index in [1.165, 1.54) is 0 Å². The Morgan fingerprint density at radius 2 is 1.15 bits per heavy atom. The van der Waals surface area contributed by atoms with Crippen molar-refractivity contribution in [2.24, 2.45) is 0 Å². The van der Waals surface area contributed by atoms with Gasteiger partial charge in [-0.1, -0.05) is 36.4 Å². The normalized spacial score (nSPS) is 14.1. The lowest BCUT2D eigenvalue weighted by Gasteiger charge is -2.09. The summed E-state index contributed by atoms with van der Waals surface area (Å²) in [5, 5.41) is 2.79. The van der Waals surface area contributed by atoms with Gasteiger partial charge >= 0.3 is 11.9 Å². The summed E-state index contributed by atoms with van der Waals surface area (Å²) in [6, 6.07) is 22.1. The SMILES string of the molecule is COc1ccc(C2=c3ccc4c5c(ccc4c3OC2=O)=C(c2ccccc2)C(=O)O5)cc1OC. The Labute approximate surface area is 194 Å². The average Bonchev–Trinajstić information content (AvgIpc) is 3.39. The molecule has 6 nitrogen and oxygen atoms in total. The Bertz CT molecular complexity index is 1650. The van der Waals surface area contributed by atoms with Crippen molar-refractivity contribution in [2.75, 3.05) is 14.2 Å². The predicted molar refractivity (Wildman–Crippen MR) is 125 cm³/mol. The van der Waals surface area contributed by atoms with E-state index in [-0.39, 0.29) is 0 Å². The third-order valence-corrected chi connectivity index (χ3v) is 6.17. The summed E-state index contributed by atoms with van der Waals surface area (Å²) in [4.78, 5) is 25.7. The third kappa shape index (κ3) is 2.82. The summed E-state index contributed by atoms with van der Waals surface area (Å²) in [6.45, 7) is 0. The second-order valence-corrected chi connectivity index (χ2v) is 7.94. The minimum absolute atomic E-state index is 0.399. The summed E-state index contributed by atoms with van der Waals surface area (Å²) >= 11 is 0. The van der Waals surface area contributed by atoms with Crippen molar-refractivity contribution in [3.63, 3.8) is 0 Å². The molecule has 2 heterocycles. The molecular formula is C28H18O6. The lowest BCUT2D eigenvalue weighted by atomic mass is 9.99. The van der Waals surface area contributed by atoms with Gasteiger partial charge in [-0.2, -0.15) is 0 Å². The molecule has 0 fully saturated rings. The van der Waals surface area contributed by atoms with Gasteiger partial charge in [0.25, 0.3) is 0 Å². The number of rotatable bonds is 4. The van der Waals surface area contributed by atoms with E-state index in [4.69, 9.17) is 18.9 Å². The van der Waals surface area contributed by atoms with Crippen molar-refractivity contribution in [3.05, 3.63) is 94.4 Å². The number of carbonyl (C=O) groups excluding carboxylic acids is 2. The second kappa shape index (κ2) is 7.49. The van der Waals surface area contributed by atoms with Gasteiger partial charge in [0.05, 0.1) is 25.4 Å². The van der Waals surface area contributed by atoms with E-state index in [0.717, 1.165) is 10.8 Å². The van der Waals surface area contributed by atoms with Crippen LogP contribution in [0, 0.1) is 0 Å². The fourth-order valence-electron chi connectivity index (χ4n) is 4.61. The van der Waals surface area contributed by atoms with Crippen LogP contribution in [0.4, 0.5) is 0 Å². The Hall–Kier alpha value is -4.58. The summed E-state index contributed by atoms with van der Waals surface area (Å²) in [5.74, 6) is 1.15. The van der Waals surface area contributed by atoms with Gasteiger partial charge in [-0.15, -0.1) is 0 Å². The van der Waals surface area contributed by atoms with Gasteiger partial charge in [-0.25, -0.2) is 9.59 Å². The van der Waals surface area contributed by atoms with E-state index in [9.17, 15) is 9.59 Å². The zero-order valence-electron chi connectivity index (χ0n) is 18.4. The largest absolute Gasteiger partial charge is 0.493 e. The van der Waals surface area contributed by atoms with Gasteiger partial charge in [0.1, 0.15) is 11.5 Å². The van der Waals surface area contributed by atoms with Crippen LogP contribution in [-0.4, -0.2) is 26.2 Å². The zero-order valence-corrected chi connectivity index (χ0v) is 18.4. The van der Waals surface area contributed by atoms with E-state index in [1.807, 2.05) is 54.6 Å². The van der Waals surface area contributed by atoms with Crippen LogP contribution in [0.2, 0.25) is 0 Å². The predicted octanol–water partition coefficient (Wildman–Crippen LogP) is 3.09. The topological polar surface area (TPSA) is 71.1 Å². The average molecular weight is 450 g/mol. The third-order valence-electron chi connectivity index (χ3n) is 6.17. The molecule has 6 rings (SSSR count). The minimum Gasteiger partial charge on any atom is -0.493 e. The number of hydrogen-bond donors (Lipinski definition) is 0. The maximum atomic E-state index is 12.9. The van der Waals surface area contributed by atoms with Crippen LogP contribution in [0.25, 0.3) is 21.9 Å². The second-order valence-electron chi connectivity index (χ2n) is 7.94. The first-order valence-corrected chi connectivity index (χ1v) is 10.7. The molecular weight excluding hydrogens is 432 g/mol. The van der Waals surface area contributed by atoms with Crippen LogP contribution >= 0.6 is 0 Å². The summed E-state index contributed by atoms with van der Waals surface area (Å²) in [7, 11) is 3.10. The molecule has 0 aliphatic carbocycles. The number of benzene rings is 4. The van der Waals surface area contributed by atoms with E-state index in [1.54, 1.807) is 32.4 Å². The molecule has 0 atom stereocenters. The van der Waals surface area contributed by atoms with Crippen molar-refractivity contribution in [2.45, 2.75) is 0 Å². The number of ether oxygens (including phenoxy) is 4. The van der Waals surface area contributed by atoms with E-state index in [2.05, 4.69) is 0 Å². The number of fused-ring (bicyclic) bond motifs is 5. The van der Waals surface area contributed by atoms with Crippen LogP contribution in [0.15, 0.2) is 72.8 Å². The molecule has 0 N–H and O–H groups in total. The molecule has 166 valence electrons. The van der Waals surface area contributed by atoms with Gasteiger partial charge in [-0.05, 0) is 47.5 Å². The molecule has 0 saturated heterocycles. The van der Waals surface area contributed by atoms with E-state index >= 15 is 0 Å². The van der Waals surface area contributed by atoms with E-state index in [0.29, 0.717) is 55.7 Å². The molecule has 0 radical (unpaired) electrons. The van der Waals surface area contributed by atoms with Gasteiger partial charge in [0.15, 0.2) is 11.5 Å². The van der Waals surface area contributed by atoms with Crippen molar-refractivity contribution in [1.82, 2.24) is 0 Å². The lowest BCUT2D eigenvalue weighted by Crippen LogP contribution is -2.08. The van der Waals surface area contributed by atoms with Crippen molar-refractivity contribution in [1.29, 1.82) is 0 Å². The molecule has 4 aromatic carbocycles. The number of hydrogen-bond acceptors (Lipinski definition) is 6. The molecule has 2 aliphatic rings. The Morgan fingerprint density at radius 3 is 1.71 bits per heavy atom. The quantitative estimate of drug-likeness (QED) is 0.352. The smallest absolute Gasteiger partial charge is 0.344 e. The number of esters is 2. The van der Waals surface area contributed by atoms with Crippen LogP contribution in [0.3, 0.4) is 0 Å². The maximum Gasteiger partial charge on any atom is 0.344 e. The van der Waals surface area contributed by atoms with Gasteiger partial charge in [0, 0.05) is 21.2 Å². The number of carbonyl (C=O) groups is 2. The highest BCUT2D eigenvalue weighted by Gasteiger charge is 2.30. The standard InChI is InChI=1S/C28H18O6/c1-31-21-13-8-16(14-22(21)32-2)24-20-12-10-17-18(26(20)34-28(24)30)9-11-19-23(27(29)33-25(17)19)15-6-4-3-5-7-15/h3-14H,1-2H3. The molecule has 6 heteroatoms. The molecule has 0 saturated carbocycles. The van der Waals surface area contributed by atoms with Crippen LogP contribution in [0.1, 0.15) is 11.1 Å². The summed E-state index contributed by atoms with van der Waals surface area (Å²) < 4.78 is 22.1. The summed E-state index contributed by atoms with van der Waals surface area (Å²) in [5.41, 5.74) is 2.41. The fourth-order valence-corrected chi connectivity index (χ4v) is 4.61. The molecule has 0 spiro atoms. The molecule has 0 bridgehead atoms. The van der Waals surface area contributed by atoms with Crippen molar-refractivity contribution < 1.29 is 28.5 Å². The van der Waals surface area contributed by atoms with Gasteiger partial charge in [0.2, 0.25) is 0 Å². The van der Waals surface area contributed by atoms with Crippen molar-refractivity contribution >= 4 is 33.9 Å². The molecule has 2 aliphatic heterocycles. The first-order valence-electron chi connectivity index (χ1n) is 10.7. The highest BCUT2D eigenvalue weighted by molar-refractivity contribution is 6.23. The summed E-state index contributed by atoms with van der Waals surface area (Å²) in [6.07, 6.45) is 0. The molecule has 0 amide bonds. The zero-order chi connectivity index (χ0) is 23.4.